The Labute approximate surface area is 202 Å². The molecule has 7 heteroatoms. The molecule has 156 valence electrons. The molecular formula is C24H17Br2ClN2O2. The lowest BCUT2D eigenvalue weighted by Crippen LogP contribution is -2.14. The van der Waals surface area contributed by atoms with Crippen LogP contribution in [0.15, 0.2) is 75.2 Å². The highest BCUT2D eigenvalue weighted by Gasteiger charge is 2.14. The predicted molar refractivity (Wildman–Crippen MR) is 131 cm³/mol. The van der Waals surface area contributed by atoms with Crippen molar-refractivity contribution in [2.75, 3.05) is 5.32 Å². The second-order valence-corrected chi connectivity index (χ2v) is 8.81. The van der Waals surface area contributed by atoms with Crippen molar-refractivity contribution in [2.24, 2.45) is 0 Å². The van der Waals surface area contributed by atoms with E-state index in [-0.39, 0.29) is 5.57 Å². The fourth-order valence-electron chi connectivity index (χ4n) is 2.77. The van der Waals surface area contributed by atoms with E-state index in [1.165, 1.54) is 6.08 Å². The molecule has 0 aromatic heterocycles. The summed E-state index contributed by atoms with van der Waals surface area (Å²) >= 11 is 13.2. The van der Waals surface area contributed by atoms with Crippen molar-refractivity contribution in [3.63, 3.8) is 0 Å². The van der Waals surface area contributed by atoms with Crippen LogP contribution < -0.4 is 10.1 Å². The first-order chi connectivity index (χ1) is 14.9. The number of nitrogens with one attached hydrogen (secondary N) is 1. The third kappa shape index (κ3) is 6.20. The summed E-state index contributed by atoms with van der Waals surface area (Å²) in [4.78, 5) is 12.6. The zero-order chi connectivity index (χ0) is 22.4. The van der Waals surface area contributed by atoms with Crippen molar-refractivity contribution in [1.82, 2.24) is 0 Å². The molecule has 1 N–H and O–H groups in total. The van der Waals surface area contributed by atoms with E-state index in [4.69, 9.17) is 16.3 Å². The number of aryl methyl sites for hydroxylation is 1. The molecule has 4 nitrogen and oxygen atoms in total. The van der Waals surface area contributed by atoms with Gasteiger partial charge in [-0.25, -0.2) is 0 Å². The van der Waals surface area contributed by atoms with Crippen molar-refractivity contribution in [3.05, 3.63) is 96.9 Å². The molecule has 3 rings (SSSR count). The number of hydrogen-bond acceptors (Lipinski definition) is 3. The van der Waals surface area contributed by atoms with Crippen LogP contribution in [0.2, 0.25) is 5.02 Å². The Bertz CT molecular complexity index is 1160. The van der Waals surface area contributed by atoms with Gasteiger partial charge in [-0.3, -0.25) is 4.79 Å². The van der Waals surface area contributed by atoms with Gasteiger partial charge in [0.05, 0.1) is 10.7 Å². The predicted octanol–water partition coefficient (Wildman–Crippen LogP) is 7.30. The molecule has 0 aliphatic heterocycles. The van der Waals surface area contributed by atoms with Crippen LogP contribution in [0.25, 0.3) is 6.08 Å². The third-order valence-corrected chi connectivity index (χ3v) is 5.84. The number of amides is 1. The first kappa shape index (κ1) is 23.1. The average molecular weight is 561 g/mol. The molecule has 0 fully saturated rings. The van der Waals surface area contributed by atoms with Gasteiger partial charge in [0.15, 0.2) is 0 Å². The lowest BCUT2D eigenvalue weighted by Gasteiger charge is -2.11. The lowest BCUT2D eigenvalue weighted by atomic mass is 10.1. The Morgan fingerprint density at radius 1 is 1.13 bits per heavy atom. The maximum absolute atomic E-state index is 12.6. The fraction of sp³-hybridized carbons (Fsp3) is 0.0833. The van der Waals surface area contributed by atoms with E-state index in [0.717, 1.165) is 11.1 Å². The SMILES string of the molecule is Cc1cc(Br)c(NC(=O)/C(C#N)=C/c2ccc(OCc3ccccc3)c(Cl)c2)c(Br)c1. The number of anilines is 1. The highest BCUT2D eigenvalue weighted by atomic mass is 79.9. The van der Waals surface area contributed by atoms with Gasteiger partial charge >= 0.3 is 0 Å². The van der Waals surface area contributed by atoms with E-state index >= 15 is 0 Å². The van der Waals surface area contributed by atoms with E-state index in [0.29, 0.717) is 37.6 Å². The third-order valence-electron chi connectivity index (χ3n) is 4.29. The van der Waals surface area contributed by atoms with Gasteiger partial charge in [-0.2, -0.15) is 5.26 Å². The van der Waals surface area contributed by atoms with Crippen LogP contribution in [0.3, 0.4) is 0 Å². The minimum absolute atomic E-state index is 0.0478. The van der Waals surface area contributed by atoms with Gasteiger partial charge in [-0.05, 0) is 85.8 Å². The Balaban J connectivity index is 1.75. The van der Waals surface area contributed by atoms with Gasteiger partial charge in [0.2, 0.25) is 0 Å². The smallest absolute Gasteiger partial charge is 0.266 e. The van der Waals surface area contributed by atoms with E-state index in [1.807, 2.05) is 55.5 Å². The van der Waals surface area contributed by atoms with Crippen LogP contribution in [0, 0.1) is 18.3 Å². The average Bonchev–Trinajstić information content (AvgIpc) is 2.74. The molecule has 0 atom stereocenters. The second-order valence-electron chi connectivity index (χ2n) is 6.69. The number of halogens is 3. The van der Waals surface area contributed by atoms with Crippen LogP contribution >= 0.6 is 43.5 Å². The van der Waals surface area contributed by atoms with E-state index < -0.39 is 5.91 Å². The summed E-state index contributed by atoms with van der Waals surface area (Å²) in [5.41, 5.74) is 3.18. The molecule has 0 spiro atoms. The molecule has 0 heterocycles. The highest BCUT2D eigenvalue weighted by molar-refractivity contribution is 9.11. The van der Waals surface area contributed by atoms with E-state index in [2.05, 4.69) is 37.2 Å². The number of hydrogen-bond donors (Lipinski definition) is 1. The van der Waals surface area contributed by atoms with E-state index in [1.54, 1.807) is 18.2 Å². The Morgan fingerprint density at radius 3 is 2.42 bits per heavy atom. The number of ether oxygens (including phenoxy) is 1. The summed E-state index contributed by atoms with van der Waals surface area (Å²) in [5.74, 6) is 0.00595. The van der Waals surface area contributed by atoms with Crippen LogP contribution in [0.4, 0.5) is 5.69 Å². The minimum atomic E-state index is -0.520. The zero-order valence-electron chi connectivity index (χ0n) is 16.5. The lowest BCUT2D eigenvalue weighted by molar-refractivity contribution is -0.112. The van der Waals surface area contributed by atoms with Crippen LogP contribution in [-0.2, 0) is 11.4 Å². The molecule has 3 aromatic rings. The molecule has 31 heavy (non-hydrogen) atoms. The maximum atomic E-state index is 12.6. The van der Waals surface area contributed by atoms with Gasteiger partial charge in [0, 0.05) is 8.95 Å². The molecule has 0 unspecified atom stereocenters. The number of carbonyl (C=O) groups is 1. The summed E-state index contributed by atoms with van der Waals surface area (Å²) in [7, 11) is 0. The topological polar surface area (TPSA) is 62.1 Å². The van der Waals surface area contributed by atoms with Gasteiger partial charge in [-0.15, -0.1) is 0 Å². The Morgan fingerprint density at radius 2 is 1.81 bits per heavy atom. The first-order valence-electron chi connectivity index (χ1n) is 9.22. The molecule has 0 bridgehead atoms. The first-order valence-corrected chi connectivity index (χ1v) is 11.2. The molecule has 1 amide bonds. The molecule has 0 saturated heterocycles. The fourth-order valence-corrected chi connectivity index (χ4v) is 4.63. The number of carbonyl (C=O) groups excluding carboxylic acids is 1. The standard InChI is InChI=1S/C24H17Br2ClN2O2/c1-15-9-19(25)23(20(26)10-15)29-24(30)18(13-28)11-17-7-8-22(21(27)12-17)31-14-16-5-3-2-4-6-16/h2-12H,14H2,1H3,(H,29,30)/b18-11+. The largest absolute Gasteiger partial charge is 0.487 e. The second kappa shape index (κ2) is 10.6. The molecule has 0 aliphatic carbocycles. The number of nitriles is 1. The quantitative estimate of drug-likeness (QED) is 0.254. The number of benzene rings is 3. The minimum Gasteiger partial charge on any atom is -0.487 e. The molecule has 0 aliphatic rings. The monoisotopic (exact) mass is 558 g/mol. The van der Waals surface area contributed by atoms with Gasteiger partial charge in [0.25, 0.3) is 5.91 Å². The summed E-state index contributed by atoms with van der Waals surface area (Å²) in [6, 6.07) is 20.6. The van der Waals surface area contributed by atoms with Crippen molar-refractivity contribution in [2.45, 2.75) is 13.5 Å². The molecule has 0 saturated carbocycles. The van der Waals surface area contributed by atoms with Gasteiger partial charge in [0.1, 0.15) is 24.0 Å². The number of rotatable bonds is 6. The summed E-state index contributed by atoms with van der Waals surface area (Å²) < 4.78 is 7.20. The summed E-state index contributed by atoms with van der Waals surface area (Å²) in [5, 5.41) is 12.6. The molecular weight excluding hydrogens is 544 g/mol. The van der Waals surface area contributed by atoms with Crippen molar-refractivity contribution < 1.29 is 9.53 Å². The highest BCUT2D eigenvalue weighted by Crippen LogP contribution is 2.33. The van der Waals surface area contributed by atoms with Crippen LogP contribution in [0.5, 0.6) is 5.75 Å². The van der Waals surface area contributed by atoms with Crippen molar-refractivity contribution >= 4 is 61.1 Å². The van der Waals surface area contributed by atoms with E-state index in [9.17, 15) is 10.1 Å². The summed E-state index contributed by atoms with van der Waals surface area (Å²) in [6.45, 7) is 2.33. The van der Waals surface area contributed by atoms with Crippen LogP contribution in [0.1, 0.15) is 16.7 Å². The molecule has 3 aromatic carbocycles. The maximum Gasteiger partial charge on any atom is 0.266 e. The number of nitrogens with zero attached hydrogens (tertiary/aromatic N) is 1. The van der Waals surface area contributed by atoms with Gasteiger partial charge in [-0.1, -0.05) is 48.0 Å². The normalized spacial score (nSPS) is 11.0. The van der Waals surface area contributed by atoms with Crippen molar-refractivity contribution in [3.8, 4) is 11.8 Å². The zero-order valence-corrected chi connectivity index (χ0v) is 20.4. The Hall–Kier alpha value is -2.59. The summed E-state index contributed by atoms with van der Waals surface area (Å²) in [6.07, 6.45) is 1.48. The Kier molecular flexibility index (Phi) is 7.91. The van der Waals surface area contributed by atoms with Crippen molar-refractivity contribution in [1.29, 1.82) is 5.26 Å². The van der Waals surface area contributed by atoms with Gasteiger partial charge < -0.3 is 10.1 Å². The molecule has 0 radical (unpaired) electrons. The van der Waals surface area contributed by atoms with Crippen LogP contribution in [-0.4, -0.2) is 5.91 Å².